The van der Waals surface area contributed by atoms with Gasteiger partial charge in [-0.05, 0) is 73.6 Å². The van der Waals surface area contributed by atoms with Crippen molar-refractivity contribution in [2.45, 2.75) is 76.7 Å². The normalized spacial score (nSPS) is 18.2. The van der Waals surface area contributed by atoms with Crippen molar-refractivity contribution in [1.82, 2.24) is 45.4 Å². The molecule has 2 saturated heterocycles. The molecule has 310 valence electrons. The second kappa shape index (κ2) is 17.7. The van der Waals surface area contributed by atoms with E-state index in [-0.39, 0.29) is 29.8 Å². The minimum Gasteiger partial charge on any atom is -0.453 e. The SMILES string of the molecule is COC(=O)NC(C(=O)N1CCCC1c1ncc(-c2ccc(-c3ccc4cc(-c5cnc(C6CCCN6C(=O)C(NC(=O)OC)C(C)OC)[nH]5)ccc4c3)nc2)[nH]1)C(C)C. The molecule has 4 amide bonds. The number of amides is 4. The number of benzene rings is 2. The summed E-state index contributed by atoms with van der Waals surface area (Å²) >= 11 is 0. The van der Waals surface area contributed by atoms with Gasteiger partial charge in [-0.15, -0.1) is 0 Å². The molecular formula is C43H51N9O7. The van der Waals surface area contributed by atoms with E-state index >= 15 is 0 Å². The summed E-state index contributed by atoms with van der Waals surface area (Å²) in [5.41, 5.74) is 5.26. The van der Waals surface area contributed by atoms with Gasteiger partial charge < -0.3 is 44.6 Å². The number of ether oxygens (including phenoxy) is 3. The molecule has 0 spiro atoms. The fourth-order valence-corrected chi connectivity index (χ4v) is 7.99. The third-order valence-electron chi connectivity index (χ3n) is 11.4. The van der Waals surface area contributed by atoms with E-state index in [9.17, 15) is 19.2 Å². The minimum absolute atomic E-state index is 0.115. The number of carbonyl (C=O) groups excluding carboxylic acids is 4. The van der Waals surface area contributed by atoms with Gasteiger partial charge in [0.15, 0.2) is 0 Å². The number of methoxy groups -OCH3 is 3. The van der Waals surface area contributed by atoms with E-state index in [4.69, 9.17) is 19.2 Å². The molecule has 5 atom stereocenters. The zero-order valence-electron chi connectivity index (χ0n) is 34.2. The zero-order chi connectivity index (χ0) is 41.8. The molecule has 4 N–H and O–H groups in total. The molecule has 16 nitrogen and oxygen atoms in total. The molecule has 3 aromatic heterocycles. The standard InChI is InChI=1S/C43H51N9O7/c1-24(2)36(49-42(55)58-5)40(53)51-17-7-9-34(51)39-46-23-33(48-39)30-15-16-31(44-21-30)28-13-11-27-20-29(14-12-26(27)19-28)32-22-45-38(47-32)35-10-8-18-52(35)41(54)37(25(3)57-4)50-43(56)59-6/h11-16,19-25,34-37H,7-10,17-18H2,1-6H3,(H,45,47)(H,46,48)(H,49,55)(H,50,56). The largest absolute Gasteiger partial charge is 0.453 e. The molecule has 2 aliphatic rings. The number of likely N-dealkylation sites (tertiary alicyclic amines) is 2. The number of hydrogen-bond acceptors (Lipinski definition) is 10. The number of hydrogen-bond donors (Lipinski definition) is 4. The first-order valence-corrected chi connectivity index (χ1v) is 19.9. The average molecular weight is 806 g/mol. The van der Waals surface area contributed by atoms with E-state index < -0.39 is 30.4 Å². The Labute approximate surface area is 342 Å². The van der Waals surface area contributed by atoms with Crippen LogP contribution < -0.4 is 10.6 Å². The molecule has 2 aromatic carbocycles. The predicted octanol–water partition coefficient (Wildman–Crippen LogP) is 6.15. The maximum Gasteiger partial charge on any atom is 0.407 e. The highest BCUT2D eigenvalue weighted by atomic mass is 16.5. The summed E-state index contributed by atoms with van der Waals surface area (Å²) in [4.78, 5) is 75.7. The predicted molar refractivity (Wildman–Crippen MR) is 220 cm³/mol. The Bertz CT molecular complexity index is 2310. The number of imidazole rings is 2. The Balaban J connectivity index is 1.03. The number of fused-ring (bicyclic) bond motifs is 1. The Morgan fingerprint density at radius 3 is 1.69 bits per heavy atom. The van der Waals surface area contributed by atoms with Crippen LogP contribution in [0.1, 0.15) is 70.2 Å². The number of aromatic amines is 2. The topological polar surface area (TPSA) is 197 Å². The summed E-state index contributed by atoms with van der Waals surface area (Å²) in [5.74, 6) is 0.863. The van der Waals surface area contributed by atoms with Gasteiger partial charge in [-0.1, -0.05) is 38.1 Å². The summed E-state index contributed by atoms with van der Waals surface area (Å²) in [6, 6.07) is 14.3. The summed E-state index contributed by atoms with van der Waals surface area (Å²) in [6.45, 7) is 6.64. The van der Waals surface area contributed by atoms with E-state index in [0.29, 0.717) is 24.7 Å². The van der Waals surface area contributed by atoms with Crippen LogP contribution >= 0.6 is 0 Å². The van der Waals surface area contributed by atoms with Crippen molar-refractivity contribution < 1.29 is 33.4 Å². The molecule has 0 aliphatic carbocycles. The molecule has 0 saturated carbocycles. The summed E-state index contributed by atoms with van der Waals surface area (Å²) in [5, 5.41) is 7.41. The minimum atomic E-state index is -0.901. The van der Waals surface area contributed by atoms with Crippen LogP contribution in [0.5, 0.6) is 0 Å². The Kier molecular flexibility index (Phi) is 12.3. The highest BCUT2D eigenvalue weighted by molar-refractivity contribution is 5.90. The molecule has 0 bridgehead atoms. The second-order valence-electron chi connectivity index (χ2n) is 15.4. The van der Waals surface area contributed by atoms with Crippen LogP contribution in [-0.2, 0) is 23.8 Å². The van der Waals surface area contributed by atoms with Crippen molar-refractivity contribution in [2.24, 2.45) is 5.92 Å². The van der Waals surface area contributed by atoms with Gasteiger partial charge in [-0.2, -0.15) is 0 Å². The van der Waals surface area contributed by atoms with Gasteiger partial charge in [-0.25, -0.2) is 19.6 Å². The number of carbonyl (C=O) groups is 4. The van der Waals surface area contributed by atoms with Gasteiger partial charge >= 0.3 is 12.2 Å². The average Bonchev–Trinajstić information content (AvgIpc) is 4.10. The number of rotatable bonds is 12. The number of alkyl carbamates (subject to hydrolysis) is 2. The van der Waals surface area contributed by atoms with Gasteiger partial charge in [-0.3, -0.25) is 14.6 Å². The van der Waals surface area contributed by atoms with E-state index in [0.717, 1.165) is 70.2 Å². The van der Waals surface area contributed by atoms with Crippen LogP contribution in [-0.4, -0.2) is 111 Å². The molecule has 2 fully saturated rings. The van der Waals surface area contributed by atoms with Crippen LogP contribution in [0.2, 0.25) is 0 Å². The van der Waals surface area contributed by atoms with Crippen LogP contribution in [0, 0.1) is 5.92 Å². The zero-order valence-corrected chi connectivity index (χ0v) is 34.2. The maximum atomic E-state index is 13.7. The highest BCUT2D eigenvalue weighted by Crippen LogP contribution is 2.35. The summed E-state index contributed by atoms with van der Waals surface area (Å²) in [6.07, 6.45) is 6.63. The lowest BCUT2D eigenvalue weighted by atomic mass is 10.0. The smallest absolute Gasteiger partial charge is 0.407 e. The number of pyridine rings is 1. The van der Waals surface area contributed by atoms with Crippen molar-refractivity contribution in [3.05, 3.63) is 78.8 Å². The second-order valence-corrected chi connectivity index (χ2v) is 15.4. The first-order valence-electron chi connectivity index (χ1n) is 19.9. The lowest BCUT2D eigenvalue weighted by Crippen LogP contribution is -2.54. The molecule has 5 unspecified atom stereocenters. The van der Waals surface area contributed by atoms with Gasteiger partial charge in [0.05, 0.1) is 61.9 Å². The van der Waals surface area contributed by atoms with Gasteiger partial charge in [0.2, 0.25) is 11.8 Å². The van der Waals surface area contributed by atoms with Crippen molar-refractivity contribution in [3.63, 3.8) is 0 Å². The van der Waals surface area contributed by atoms with Crippen molar-refractivity contribution >= 4 is 34.8 Å². The van der Waals surface area contributed by atoms with Crippen LogP contribution in [0.25, 0.3) is 44.5 Å². The number of H-pyrrole nitrogens is 2. The summed E-state index contributed by atoms with van der Waals surface area (Å²) in [7, 11) is 4.04. The first-order chi connectivity index (χ1) is 28.5. The van der Waals surface area contributed by atoms with Crippen LogP contribution in [0.15, 0.2) is 67.1 Å². The molecule has 5 heterocycles. The fraction of sp³-hybridized carbons (Fsp3) is 0.419. The molecule has 0 radical (unpaired) electrons. The van der Waals surface area contributed by atoms with Gasteiger partial charge in [0.1, 0.15) is 23.7 Å². The fourth-order valence-electron chi connectivity index (χ4n) is 7.99. The van der Waals surface area contributed by atoms with Crippen LogP contribution in [0.3, 0.4) is 0 Å². The highest BCUT2D eigenvalue weighted by Gasteiger charge is 2.39. The monoisotopic (exact) mass is 805 g/mol. The lowest BCUT2D eigenvalue weighted by Gasteiger charge is -2.30. The van der Waals surface area contributed by atoms with Crippen molar-refractivity contribution in [1.29, 1.82) is 0 Å². The molecule has 7 rings (SSSR count). The molecule has 59 heavy (non-hydrogen) atoms. The third-order valence-corrected chi connectivity index (χ3v) is 11.4. The quantitative estimate of drug-likeness (QED) is 0.114. The lowest BCUT2D eigenvalue weighted by molar-refractivity contribution is -0.137. The van der Waals surface area contributed by atoms with Gasteiger partial charge in [0, 0.05) is 43.1 Å². The number of nitrogens with zero attached hydrogens (tertiary/aromatic N) is 5. The Morgan fingerprint density at radius 1 is 0.661 bits per heavy atom. The third kappa shape index (κ3) is 8.63. The van der Waals surface area contributed by atoms with Crippen molar-refractivity contribution in [2.75, 3.05) is 34.4 Å². The Morgan fingerprint density at radius 2 is 1.17 bits per heavy atom. The molecule has 5 aromatic rings. The maximum absolute atomic E-state index is 13.7. The van der Waals surface area contributed by atoms with Crippen molar-refractivity contribution in [3.8, 4) is 33.8 Å². The number of aromatic nitrogens is 5. The van der Waals surface area contributed by atoms with E-state index in [1.54, 1.807) is 29.1 Å². The molecular weight excluding hydrogens is 755 g/mol. The Hall–Kier alpha value is -6.29. The van der Waals surface area contributed by atoms with Gasteiger partial charge in [0.25, 0.3) is 0 Å². The number of nitrogens with one attached hydrogen (secondary N) is 4. The molecule has 16 heteroatoms. The first kappa shape index (κ1) is 40.9. The molecule has 2 aliphatic heterocycles. The van der Waals surface area contributed by atoms with Crippen LogP contribution in [0.4, 0.5) is 9.59 Å². The van der Waals surface area contributed by atoms with E-state index in [1.807, 2.05) is 44.3 Å². The summed E-state index contributed by atoms with van der Waals surface area (Å²) < 4.78 is 14.9. The van der Waals surface area contributed by atoms with E-state index in [1.165, 1.54) is 21.3 Å². The van der Waals surface area contributed by atoms with E-state index in [2.05, 4.69) is 54.8 Å².